The SMILES string of the molecule is NC(=O)N1CCN(c2cc(Cl)cc3[nH]ccc23)CC1. The maximum Gasteiger partial charge on any atom is 0.314 e. The highest BCUT2D eigenvalue weighted by molar-refractivity contribution is 6.31. The number of halogens is 1. The van der Waals surface area contributed by atoms with Gasteiger partial charge in [0.15, 0.2) is 0 Å². The summed E-state index contributed by atoms with van der Waals surface area (Å²) in [5.41, 5.74) is 7.42. The van der Waals surface area contributed by atoms with Crippen molar-refractivity contribution in [2.75, 3.05) is 31.1 Å². The third kappa shape index (κ3) is 2.21. The van der Waals surface area contributed by atoms with Crippen molar-refractivity contribution in [3.8, 4) is 0 Å². The molecule has 1 aromatic carbocycles. The molecule has 6 heteroatoms. The third-order valence-corrected chi connectivity index (χ3v) is 3.76. The summed E-state index contributed by atoms with van der Waals surface area (Å²) in [5.74, 6) is 0. The van der Waals surface area contributed by atoms with Crippen molar-refractivity contribution >= 4 is 34.2 Å². The van der Waals surface area contributed by atoms with E-state index in [0.717, 1.165) is 29.7 Å². The monoisotopic (exact) mass is 278 g/mol. The van der Waals surface area contributed by atoms with E-state index in [-0.39, 0.29) is 6.03 Å². The van der Waals surface area contributed by atoms with Gasteiger partial charge in [0.25, 0.3) is 0 Å². The molecule has 100 valence electrons. The fourth-order valence-corrected chi connectivity index (χ4v) is 2.75. The quantitative estimate of drug-likeness (QED) is 0.838. The van der Waals surface area contributed by atoms with Gasteiger partial charge >= 0.3 is 6.03 Å². The lowest BCUT2D eigenvalue weighted by atomic mass is 10.1. The van der Waals surface area contributed by atoms with Crippen molar-refractivity contribution < 1.29 is 4.79 Å². The number of nitrogens with two attached hydrogens (primary N) is 1. The van der Waals surface area contributed by atoms with Gasteiger partial charge in [0, 0.05) is 54.0 Å². The Balaban J connectivity index is 1.89. The van der Waals surface area contributed by atoms with E-state index in [4.69, 9.17) is 17.3 Å². The topological polar surface area (TPSA) is 65.4 Å². The molecule has 1 aliphatic heterocycles. The molecule has 0 aliphatic carbocycles. The van der Waals surface area contributed by atoms with Crippen LogP contribution in [0, 0.1) is 0 Å². The van der Waals surface area contributed by atoms with Gasteiger partial charge in [0.2, 0.25) is 0 Å². The number of H-pyrrole nitrogens is 1. The minimum absolute atomic E-state index is 0.350. The lowest BCUT2D eigenvalue weighted by Gasteiger charge is -2.35. The fourth-order valence-electron chi connectivity index (χ4n) is 2.54. The molecule has 0 atom stereocenters. The van der Waals surface area contributed by atoms with Crippen molar-refractivity contribution in [3.63, 3.8) is 0 Å². The van der Waals surface area contributed by atoms with Crippen LogP contribution in [0.15, 0.2) is 24.4 Å². The van der Waals surface area contributed by atoms with Gasteiger partial charge in [-0.1, -0.05) is 11.6 Å². The first-order chi connectivity index (χ1) is 9.15. The number of primary amides is 1. The normalized spacial score (nSPS) is 16.1. The van der Waals surface area contributed by atoms with Crippen LogP contribution in [-0.4, -0.2) is 42.1 Å². The van der Waals surface area contributed by atoms with Crippen LogP contribution in [0.1, 0.15) is 0 Å². The molecule has 5 nitrogen and oxygen atoms in total. The number of nitrogens with zero attached hydrogens (tertiary/aromatic N) is 2. The van der Waals surface area contributed by atoms with Crippen LogP contribution in [0.4, 0.5) is 10.5 Å². The number of rotatable bonds is 1. The van der Waals surface area contributed by atoms with E-state index in [0.29, 0.717) is 18.1 Å². The second-order valence-electron chi connectivity index (χ2n) is 4.68. The summed E-state index contributed by atoms with van der Waals surface area (Å²) in [4.78, 5) is 18.2. The number of aromatic nitrogens is 1. The van der Waals surface area contributed by atoms with Crippen LogP contribution in [0.3, 0.4) is 0 Å². The first-order valence-corrected chi connectivity index (χ1v) is 6.59. The van der Waals surface area contributed by atoms with Gasteiger partial charge in [-0.3, -0.25) is 0 Å². The molecule has 0 unspecified atom stereocenters. The van der Waals surface area contributed by atoms with Gasteiger partial charge in [-0.05, 0) is 18.2 Å². The molecule has 1 aromatic heterocycles. The van der Waals surface area contributed by atoms with E-state index in [9.17, 15) is 4.79 Å². The molecule has 2 aromatic rings. The summed E-state index contributed by atoms with van der Waals surface area (Å²) < 4.78 is 0. The number of benzene rings is 1. The zero-order valence-electron chi connectivity index (χ0n) is 10.4. The van der Waals surface area contributed by atoms with Crippen LogP contribution in [-0.2, 0) is 0 Å². The Labute approximate surface area is 115 Å². The van der Waals surface area contributed by atoms with Crippen molar-refractivity contribution in [1.82, 2.24) is 9.88 Å². The number of fused-ring (bicyclic) bond motifs is 1. The Hall–Kier alpha value is -1.88. The smallest absolute Gasteiger partial charge is 0.314 e. The number of urea groups is 1. The first kappa shape index (κ1) is 12.2. The first-order valence-electron chi connectivity index (χ1n) is 6.21. The lowest BCUT2D eigenvalue weighted by molar-refractivity contribution is 0.204. The number of piperazine rings is 1. The molecule has 1 aliphatic rings. The number of carbonyl (C=O) groups excluding carboxylic acids is 1. The standard InChI is InChI=1S/C13H15ClN4O/c14-9-7-11-10(1-2-16-11)12(8-9)17-3-5-18(6-4-17)13(15)19/h1-2,7-8,16H,3-6H2,(H2,15,19). The van der Waals surface area contributed by atoms with E-state index in [2.05, 4.69) is 9.88 Å². The average molecular weight is 279 g/mol. The summed E-state index contributed by atoms with van der Waals surface area (Å²) in [6, 6.07) is 5.58. The third-order valence-electron chi connectivity index (χ3n) is 3.54. The minimum Gasteiger partial charge on any atom is -0.367 e. The van der Waals surface area contributed by atoms with E-state index in [1.54, 1.807) is 4.90 Å². The fraction of sp³-hybridized carbons (Fsp3) is 0.308. The maximum absolute atomic E-state index is 11.1. The Morgan fingerprint density at radius 3 is 2.68 bits per heavy atom. The van der Waals surface area contributed by atoms with Crippen molar-refractivity contribution in [2.45, 2.75) is 0 Å². The molecule has 2 heterocycles. The molecule has 0 saturated carbocycles. The Morgan fingerprint density at radius 1 is 1.26 bits per heavy atom. The maximum atomic E-state index is 11.1. The van der Waals surface area contributed by atoms with Gasteiger partial charge in [-0.25, -0.2) is 4.79 Å². The molecule has 0 radical (unpaired) electrons. The molecule has 3 rings (SSSR count). The van der Waals surface area contributed by atoms with Gasteiger partial charge < -0.3 is 20.5 Å². The Bertz CT molecular complexity index is 616. The summed E-state index contributed by atoms with van der Waals surface area (Å²) in [5, 5.41) is 1.86. The van der Waals surface area contributed by atoms with E-state index in [1.165, 1.54) is 0 Å². The molecule has 0 spiro atoms. The average Bonchev–Trinajstić information content (AvgIpc) is 2.85. The number of aromatic amines is 1. The highest BCUT2D eigenvalue weighted by Crippen LogP contribution is 2.30. The van der Waals surface area contributed by atoms with Crippen LogP contribution in [0.25, 0.3) is 10.9 Å². The van der Waals surface area contributed by atoms with Crippen molar-refractivity contribution in [2.24, 2.45) is 5.73 Å². The second kappa shape index (κ2) is 4.66. The Morgan fingerprint density at radius 2 is 2.00 bits per heavy atom. The van der Waals surface area contributed by atoms with Crippen LogP contribution in [0.2, 0.25) is 5.02 Å². The van der Waals surface area contributed by atoms with Crippen LogP contribution >= 0.6 is 11.6 Å². The molecule has 2 amide bonds. The van der Waals surface area contributed by atoms with Gasteiger partial charge in [0.1, 0.15) is 0 Å². The number of nitrogens with one attached hydrogen (secondary N) is 1. The van der Waals surface area contributed by atoms with Crippen molar-refractivity contribution in [1.29, 1.82) is 0 Å². The molecule has 3 N–H and O–H groups in total. The number of amides is 2. The largest absolute Gasteiger partial charge is 0.367 e. The number of carbonyl (C=O) groups is 1. The van der Waals surface area contributed by atoms with E-state index < -0.39 is 0 Å². The van der Waals surface area contributed by atoms with E-state index >= 15 is 0 Å². The highest BCUT2D eigenvalue weighted by Gasteiger charge is 2.21. The molecule has 1 saturated heterocycles. The van der Waals surface area contributed by atoms with Gasteiger partial charge in [-0.15, -0.1) is 0 Å². The highest BCUT2D eigenvalue weighted by atomic mass is 35.5. The lowest BCUT2D eigenvalue weighted by Crippen LogP contribution is -2.50. The second-order valence-corrected chi connectivity index (χ2v) is 5.11. The summed E-state index contributed by atoms with van der Waals surface area (Å²) in [7, 11) is 0. The molecular weight excluding hydrogens is 264 g/mol. The molecular formula is C13H15ClN4O. The minimum atomic E-state index is -0.350. The predicted molar refractivity (Wildman–Crippen MR) is 76.7 cm³/mol. The summed E-state index contributed by atoms with van der Waals surface area (Å²) >= 11 is 6.15. The van der Waals surface area contributed by atoms with Gasteiger partial charge in [0.05, 0.1) is 0 Å². The zero-order valence-corrected chi connectivity index (χ0v) is 11.2. The number of hydrogen-bond donors (Lipinski definition) is 2. The number of anilines is 1. The van der Waals surface area contributed by atoms with Crippen LogP contribution < -0.4 is 10.6 Å². The van der Waals surface area contributed by atoms with Gasteiger partial charge in [-0.2, -0.15) is 0 Å². The number of hydrogen-bond acceptors (Lipinski definition) is 2. The van der Waals surface area contributed by atoms with E-state index in [1.807, 2.05) is 24.4 Å². The molecule has 0 bridgehead atoms. The molecule has 1 fully saturated rings. The summed E-state index contributed by atoms with van der Waals surface area (Å²) in [6.45, 7) is 2.83. The Kier molecular flexibility index (Phi) is 2.98. The predicted octanol–water partition coefficient (Wildman–Crippen LogP) is 2.02. The van der Waals surface area contributed by atoms with Crippen molar-refractivity contribution in [3.05, 3.63) is 29.4 Å². The summed E-state index contributed by atoms with van der Waals surface area (Å²) in [6.07, 6.45) is 1.91. The zero-order chi connectivity index (χ0) is 13.4. The molecule has 19 heavy (non-hydrogen) atoms. The van der Waals surface area contributed by atoms with Crippen LogP contribution in [0.5, 0.6) is 0 Å².